The summed E-state index contributed by atoms with van der Waals surface area (Å²) < 4.78 is 14.9. The van der Waals surface area contributed by atoms with E-state index in [0.29, 0.717) is 24.4 Å². The molecule has 138 valence electrons. The van der Waals surface area contributed by atoms with Gasteiger partial charge in [0.1, 0.15) is 17.7 Å². The van der Waals surface area contributed by atoms with Gasteiger partial charge in [-0.3, -0.25) is 9.59 Å². The molecule has 1 aromatic heterocycles. The monoisotopic (exact) mass is 361 g/mol. The van der Waals surface area contributed by atoms with E-state index in [0.717, 1.165) is 0 Å². The Labute approximate surface area is 149 Å². The molecule has 26 heavy (non-hydrogen) atoms. The molecule has 1 fully saturated rings. The Hall–Kier alpha value is -2.84. The van der Waals surface area contributed by atoms with Gasteiger partial charge in [-0.15, -0.1) is 5.10 Å². The van der Waals surface area contributed by atoms with E-state index in [2.05, 4.69) is 15.5 Å². The molecule has 2 unspecified atom stereocenters. The van der Waals surface area contributed by atoms with Crippen LogP contribution in [-0.4, -0.2) is 55.2 Å². The van der Waals surface area contributed by atoms with E-state index in [-0.39, 0.29) is 24.7 Å². The number of rotatable bonds is 5. The van der Waals surface area contributed by atoms with Gasteiger partial charge >= 0.3 is 5.97 Å². The highest BCUT2D eigenvalue weighted by Gasteiger charge is 2.44. The second-order valence-corrected chi connectivity index (χ2v) is 6.90. The van der Waals surface area contributed by atoms with Crippen LogP contribution in [0.3, 0.4) is 0 Å². The molecular weight excluding hydrogens is 341 g/mol. The van der Waals surface area contributed by atoms with E-state index < -0.39 is 17.4 Å². The third kappa shape index (κ3) is 3.42. The standard InChI is InChI=1S/C17H20FN5O3/c1-11-19-20-21-23(11)14(9-12-4-3-5-13(18)8-12)15(24)22-7-6-17(2,10-22)16(25)26/h3-5,8,14H,6-7,9-10H2,1-2H3,(H,25,26). The number of aliphatic carboxylic acids is 1. The van der Waals surface area contributed by atoms with Crippen molar-refractivity contribution in [3.63, 3.8) is 0 Å². The molecule has 0 bridgehead atoms. The number of carbonyl (C=O) groups excluding carboxylic acids is 1. The predicted octanol–water partition coefficient (Wildman–Crippen LogP) is 1.23. The van der Waals surface area contributed by atoms with Crippen LogP contribution in [0.2, 0.25) is 0 Å². The third-order valence-electron chi connectivity index (χ3n) is 4.86. The van der Waals surface area contributed by atoms with Crippen LogP contribution in [0.1, 0.15) is 30.8 Å². The number of amides is 1. The van der Waals surface area contributed by atoms with Crippen molar-refractivity contribution in [3.8, 4) is 0 Å². The van der Waals surface area contributed by atoms with Gasteiger partial charge in [0.15, 0.2) is 0 Å². The number of likely N-dealkylation sites (tertiary alicyclic amines) is 1. The predicted molar refractivity (Wildman–Crippen MR) is 88.6 cm³/mol. The first-order valence-electron chi connectivity index (χ1n) is 8.31. The second kappa shape index (κ2) is 6.81. The lowest BCUT2D eigenvalue weighted by molar-refractivity contribution is -0.147. The lowest BCUT2D eigenvalue weighted by Gasteiger charge is -2.25. The van der Waals surface area contributed by atoms with Crippen LogP contribution in [0.5, 0.6) is 0 Å². The van der Waals surface area contributed by atoms with Crippen LogP contribution in [-0.2, 0) is 16.0 Å². The first-order valence-corrected chi connectivity index (χ1v) is 8.31. The summed E-state index contributed by atoms with van der Waals surface area (Å²) in [6.07, 6.45) is 0.595. The molecule has 2 heterocycles. The van der Waals surface area contributed by atoms with Crippen molar-refractivity contribution in [2.24, 2.45) is 5.41 Å². The molecule has 1 aliphatic heterocycles. The van der Waals surface area contributed by atoms with Crippen LogP contribution in [0.15, 0.2) is 24.3 Å². The van der Waals surface area contributed by atoms with Gasteiger partial charge in [0.2, 0.25) is 5.91 Å². The normalized spacial score (nSPS) is 21.0. The summed E-state index contributed by atoms with van der Waals surface area (Å²) in [5.41, 5.74) is -0.326. The number of aromatic nitrogens is 4. The molecule has 3 rings (SSSR count). The number of carboxylic acid groups (broad SMARTS) is 1. The SMILES string of the molecule is Cc1nnnn1C(Cc1cccc(F)c1)C(=O)N1CCC(C)(C(=O)O)C1. The first-order chi connectivity index (χ1) is 12.3. The summed E-state index contributed by atoms with van der Waals surface area (Å²) in [5.74, 6) is -1.12. The molecular formula is C17H20FN5O3. The van der Waals surface area contributed by atoms with Gasteiger partial charge in [0, 0.05) is 19.5 Å². The number of nitrogens with zero attached hydrogens (tertiary/aromatic N) is 5. The van der Waals surface area contributed by atoms with Crippen molar-refractivity contribution >= 4 is 11.9 Å². The zero-order chi connectivity index (χ0) is 18.9. The smallest absolute Gasteiger partial charge is 0.311 e. The fourth-order valence-electron chi connectivity index (χ4n) is 3.23. The number of carboxylic acids is 1. The number of aryl methyl sites for hydroxylation is 1. The number of carbonyl (C=O) groups is 2. The van der Waals surface area contributed by atoms with E-state index >= 15 is 0 Å². The van der Waals surface area contributed by atoms with Crippen LogP contribution in [0.25, 0.3) is 0 Å². The van der Waals surface area contributed by atoms with E-state index in [9.17, 15) is 19.1 Å². The lowest BCUT2D eigenvalue weighted by Crippen LogP contribution is -2.40. The highest BCUT2D eigenvalue weighted by molar-refractivity contribution is 5.83. The largest absolute Gasteiger partial charge is 0.481 e. The Morgan fingerprint density at radius 1 is 1.42 bits per heavy atom. The summed E-state index contributed by atoms with van der Waals surface area (Å²) >= 11 is 0. The fourth-order valence-corrected chi connectivity index (χ4v) is 3.23. The fraction of sp³-hybridized carbons (Fsp3) is 0.471. The van der Waals surface area contributed by atoms with Gasteiger partial charge in [-0.2, -0.15) is 0 Å². The number of hydrogen-bond donors (Lipinski definition) is 1. The summed E-state index contributed by atoms with van der Waals surface area (Å²) in [6, 6.07) is 5.25. The maximum Gasteiger partial charge on any atom is 0.311 e. The molecule has 8 nitrogen and oxygen atoms in total. The number of tetrazole rings is 1. The molecule has 0 spiro atoms. The minimum absolute atomic E-state index is 0.127. The Morgan fingerprint density at radius 2 is 2.19 bits per heavy atom. The Kier molecular flexibility index (Phi) is 4.71. The molecule has 1 amide bonds. The third-order valence-corrected chi connectivity index (χ3v) is 4.86. The molecule has 0 saturated carbocycles. The van der Waals surface area contributed by atoms with Gasteiger partial charge < -0.3 is 10.0 Å². The maximum absolute atomic E-state index is 13.5. The van der Waals surface area contributed by atoms with Gasteiger partial charge in [0.25, 0.3) is 0 Å². The van der Waals surface area contributed by atoms with Crippen LogP contribution >= 0.6 is 0 Å². The van der Waals surface area contributed by atoms with E-state index in [1.165, 1.54) is 21.7 Å². The zero-order valence-corrected chi connectivity index (χ0v) is 14.6. The Bertz CT molecular complexity index is 839. The molecule has 0 aliphatic carbocycles. The average Bonchev–Trinajstić information content (AvgIpc) is 3.19. The Morgan fingerprint density at radius 3 is 2.77 bits per heavy atom. The van der Waals surface area contributed by atoms with Crippen molar-refractivity contribution in [1.82, 2.24) is 25.1 Å². The van der Waals surface area contributed by atoms with Gasteiger partial charge in [-0.1, -0.05) is 12.1 Å². The Balaban J connectivity index is 1.88. The average molecular weight is 361 g/mol. The number of halogens is 1. The van der Waals surface area contributed by atoms with E-state index in [1.807, 2.05) is 0 Å². The highest BCUT2D eigenvalue weighted by Crippen LogP contribution is 2.32. The molecule has 1 saturated heterocycles. The molecule has 9 heteroatoms. The second-order valence-electron chi connectivity index (χ2n) is 6.90. The maximum atomic E-state index is 13.5. The molecule has 0 radical (unpaired) electrons. The summed E-state index contributed by atoms with van der Waals surface area (Å²) in [6.45, 7) is 3.79. The summed E-state index contributed by atoms with van der Waals surface area (Å²) in [4.78, 5) is 26.1. The van der Waals surface area contributed by atoms with Crippen LogP contribution in [0, 0.1) is 18.2 Å². The minimum Gasteiger partial charge on any atom is -0.481 e. The van der Waals surface area contributed by atoms with E-state index in [1.54, 1.807) is 26.0 Å². The van der Waals surface area contributed by atoms with Gasteiger partial charge in [0.05, 0.1) is 5.41 Å². The molecule has 2 atom stereocenters. The molecule has 1 aromatic carbocycles. The lowest BCUT2D eigenvalue weighted by atomic mass is 9.90. The topological polar surface area (TPSA) is 101 Å². The number of hydrogen-bond acceptors (Lipinski definition) is 5. The first kappa shape index (κ1) is 18.0. The van der Waals surface area contributed by atoms with Crippen molar-refractivity contribution in [3.05, 3.63) is 41.5 Å². The zero-order valence-electron chi connectivity index (χ0n) is 14.6. The van der Waals surface area contributed by atoms with Crippen molar-refractivity contribution < 1.29 is 19.1 Å². The quantitative estimate of drug-likeness (QED) is 0.859. The summed E-state index contributed by atoms with van der Waals surface area (Å²) in [5, 5.41) is 20.7. The molecule has 2 aromatic rings. The van der Waals surface area contributed by atoms with Crippen LogP contribution < -0.4 is 0 Å². The van der Waals surface area contributed by atoms with E-state index in [4.69, 9.17) is 0 Å². The van der Waals surface area contributed by atoms with Gasteiger partial charge in [-0.25, -0.2) is 9.07 Å². The molecule has 1 N–H and O–H groups in total. The van der Waals surface area contributed by atoms with Crippen molar-refractivity contribution in [1.29, 1.82) is 0 Å². The summed E-state index contributed by atoms with van der Waals surface area (Å²) in [7, 11) is 0. The van der Waals surface area contributed by atoms with Crippen molar-refractivity contribution in [2.45, 2.75) is 32.7 Å². The van der Waals surface area contributed by atoms with Crippen LogP contribution in [0.4, 0.5) is 4.39 Å². The molecule has 1 aliphatic rings. The number of benzene rings is 1. The highest BCUT2D eigenvalue weighted by atomic mass is 19.1. The van der Waals surface area contributed by atoms with Gasteiger partial charge in [-0.05, 0) is 48.4 Å². The van der Waals surface area contributed by atoms with Crippen molar-refractivity contribution in [2.75, 3.05) is 13.1 Å². The minimum atomic E-state index is -0.964.